The van der Waals surface area contributed by atoms with Crippen molar-refractivity contribution in [3.8, 4) is 5.75 Å². The number of rotatable bonds is 6. The van der Waals surface area contributed by atoms with Crippen molar-refractivity contribution in [2.75, 3.05) is 20.8 Å². The van der Waals surface area contributed by atoms with Gasteiger partial charge in [0.05, 0.1) is 13.2 Å². The fraction of sp³-hybridized carbons (Fsp3) is 0.375. The van der Waals surface area contributed by atoms with Crippen molar-refractivity contribution in [3.63, 3.8) is 0 Å². The highest BCUT2D eigenvalue weighted by molar-refractivity contribution is 5.87. The normalized spacial score (nSPS) is 12.6. The van der Waals surface area contributed by atoms with Crippen LogP contribution in [0.4, 0.5) is 0 Å². The number of methoxy groups -OCH3 is 2. The van der Waals surface area contributed by atoms with Gasteiger partial charge in [0.15, 0.2) is 0 Å². The summed E-state index contributed by atoms with van der Waals surface area (Å²) in [6, 6.07) is 12.5. The third-order valence-electron chi connectivity index (χ3n) is 3.35. The average molecular weight is 259 g/mol. The molecule has 0 aliphatic carbocycles. The molecule has 0 fully saturated rings. The van der Waals surface area contributed by atoms with Gasteiger partial charge in [0.2, 0.25) is 0 Å². The van der Waals surface area contributed by atoms with E-state index < -0.39 is 0 Å². The summed E-state index contributed by atoms with van der Waals surface area (Å²) < 4.78 is 10.7. The summed E-state index contributed by atoms with van der Waals surface area (Å²) >= 11 is 0. The second-order valence-corrected chi connectivity index (χ2v) is 4.64. The summed E-state index contributed by atoms with van der Waals surface area (Å²) in [7, 11) is 3.44. The predicted molar refractivity (Wildman–Crippen MR) is 78.7 cm³/mol. The summed E-state index contributed by atoms with van der Waals surface area (Å²) in [5, 5.41) is 5.89. The van der Waals surface area contributed by atoms with Crippen LogP contribution in [0.1, 0.15) is 12.5 Å². The summed E-state index contributed by atoms with van der Waals surface area (Å²) in [5.41, 5.74) is 1.20. The fourth-order valence-corrected chi connectivity index (χ4v) is 2.17. The van der Waals surface area contributed by atoms with E-state index in [1.165, 1.54) is 16.3 Å². The van der Waals surface area contributed by atoms with Crippen molar-refractivity contribution < 1.29 is 9.47 Å². The molecular weight excluding hydrogens is 238 g/mol. The zero-order valence-electron chi connectivity index (χ0n) is 11.8. The predicted octanol–water partition coefficient (Wildman–Crippen LogP) is 2.97. The average Bonchev–Trinajstić information content (AvgIpc) is 2.47. The first-order valence-electron chi connectivity index (χ1n) is 6.54. The van der Waals surface area contributed by atoms with Gasteiger partial charge in [-0.25, -0.2) is 0 Å². The van der Waals surface area contributed by atoms with Crippen LogP contribution in [0.5, 0.6) is 5.75 Å². The fourth-order valence-electron chi connectivity index (χ4n) is 2.17. The van der Waals surface area contributed by atoms with E-state index >= 15 is 0 Å². The minimum atomic E-state index is 0.209. The molecule has 0 saturated carbocycles. The van der Waals surface area contributed by atoms with Gasteiger partial charge in [-0.05, 0) is 23.8 Å². The van der Waals surface area contributed by atoms with Crippen molar-refractivity contribution in [1.82, 2.24) is 5.32 Å². The van der Waals surface area contributed by atoms with E-state index in [9.17, 15) is 0 Å². The Kier molecular flexibility index (Phi) is 4.77. The molecule has 0 spiro atoms. The molecule has 0 saturated heterocycles. The second kappa shape index (κ2) is 6.55. The van der Waals surface area contributed by atoms with Crippen LogP contribution in [-0.4, -0.2) is 26.9 Å². The highest BCUT2D eigenvalue weighted by Gasteiger charge is 2.08. The van der Waals surface area contributed by atoms with E-state index in [1.807, 2.05) is 13.0 Å². The lowest BCUT2D eigenvalue weighted by Crippen LogP contribution is -2.25. The minimum Gasteiger partial charge on any atom is -0.496 e. The standard InChI is InChI=1S/C16H21NO2/c1-12(18-2)10-17-11-15-14-7-5-4-6-13(14)8-9-16(15)19-3/h4-9,12,17H,10-11H2,1-3H3. The number of fused-ring (bicyclic) bond motifs is 1. The van der Waals surface area contributed by atoms with Gasteiger partial charge in [0.1, 0.15) is 5.75 Å². The van der Waals surface area contributed by atoms with Crippen LogP contribution in [0.2, 0.25) is 0 Å². The molecule has 1 N–H and O–H groups in total. The van der Waals surface area contributed by atoms with E-state index in [2.05, 4.69) is 35.6 Å². The van der Waals surface area contributed by atoms with Gasteiger partial charge in [-0.15, -0.1) is 0 Å². The SMILES string of the molecule is COc1ccc2ccccc2c1CNCC(C)OC. The molecule has 0 amide bonds. The number of hydrogen-bond donors (Lipinski definition) is 1. The maximum Gasteiger partial charge on any atom is 0.123 e. The molecule has 0 radical (unpaired) electrons. The Hall–Kier alpha value is -1.58. The van der Waals surface area contributed by atoms with Gasteiger partial charge in [-0.3, -0.25) is 0 Å². The van der Waals surface area contributed by atoms with E-state index in [0.717, 1.165) is 18.8 Å². The first-order chi connectivity index (χ1) is 9.26. The first-order valence-corrected chi connectivity index (χ1v) is 6.54. The third kappa shape index (κ3) is 3.25. The number of nitrogens with one attached hydrogen (secondary N) is 1. The molecule has 2 aromatic carbocycles. The lowest BCUT2D eigenvalue weighted by Gasteiger charge is -2.15. The number of ether oxygens (including phenoxy) is 2. The molecule has 3 heteroatoms. The van der Waals surface area contributed by atoms with Crippen molar-refractivity contribution in [2.24, 2.45) is 0 Å². The smallest absolute Gasteiger partial charge is 0.123 e. The van der Waals surface area contributed by atoms with Gasteiger partial charge in [-0.2, -0.15) is 0 Å². The molecule has 1 atom stereocenters. The Balaban J connectivity index is 2.23. The van der Waals surface area contributed by atoms with Crippen LogP contribution in [0.15, 0.2) is 36.4 Å². The molecule has 0 aliphatic rings. The van der Waals surface area contributed by atoms with Gasteiger partial charge >= 0.3 is 0 Å². The second-order valence-electron chi connectivity index (χ2n) is 4.64. The van der Waals surface area contributed by atoms with Crippen molar-refractivity contribution in [1.29, 1.82) is 0 Å². The maximum atomic E-state index is 5.47. The van der Waals surface area contributed by atoms with Gasteiger partial charge in [0, 0.05) is 25.8 Å². The monoisotopic (exact) mass is 259 g/mol. The quantitative estimate of drug-likeness (QED) is 0.865. The Morgan fingerprint density at radius 2 is 1.89 bits per heavy atom. The molecular formula is C16H21NO2. The van der Waals surface area contributed by atoms with E-state index in [0.29, 0.717) is 0 Å². The molecule has 19 heavy (non-hydrogen) atoms. The summed E-state index contributed by atoms with van der Waals surface area (Å²) in [6.45, 7) is 3.65. The lowest BCUT2D eigenvalue weighted by atomic mass is 10.0. The van der Waals surface area contributed by atoms with Gasteiger partial charge in [0.25, 0.3) is 0 Å². The highest BCUT2D eigenvalue weighted by atomic mass is 16.5. The van der Waals surface area contributed by atoms with Crippen LogP contribution < -0.4 is 10.1 Å². The first kappa shape index (κ1) is 13.8. The lowest BCUT2D eigenvalue weighted by molar-refractivity contribution is 0.117. The summed E-state index contributed by atoms with van der Waals surface area (Å²) in [6.07, 6.45) is 0.209. The zero-order valence-corrected chi connectivity index (χ0v) is 11.8. The van der Waals surface area contributed by atoms with Crippen molar-refractivity contribution >= 4 is 10.8 Å². The van der Waals surface area contributed by atoms with Crippen LogP contribution in [0, 0.1) is 0 Å². The van der Waals surface area contributed by atoms with Crippen LogP contribution >= 0.6 is 0 Å². The summed E-state index contributed by atoms with van der Waals surface area (Å²) in [4.78, 5) is 0. The maximum absolute atomic E-state index is 5.47. The Labute approximate surface area is 114 Å². The highest BCUT2D eigenvalue weighted by Crippen LogP contribution is 2.27. The van der Waals surface area contributed by atoms with Crippen LogP contribution in [-0.2, 0) is 11.3 Å². The van der Waals surface area contributed by atoms with Crippen molar-refractivity contribution in [2.45, 2.75) is 19.6 Å². The van der Waals surface area contributed by atoms with E-state index in [1.54, 1.807) is 14.2 Å². The molecule has 0 aromatic heterocycles. The van der Waals surface area contributed by atoms with Gasteiger partial charge in [-0.1, -0.05) is 30.3 Å². The van der Waals surface area contributed by atoms with E-state index in [4.69, 9.17) is 9.47 Å². The van der Waals surface area contributed by atoms with Crippen molar-refractivity contribution in [3.05, 3.63) is 42.0 Å². The Bertz CT molecular complexity index is 539. The van der Waals surface area contributed by atoms with Crippen LogP contribution in [0.25, 0.3) is 10.8 Å². The molecule has 0 aliphatic heterocycles. The molecule has 2 aromatic rings. The topological polar surface area (TPSA) is 30.5 Å². The van der Waals surface area contributed by atoms with Crippen LogP contribution in [0.3, 0.4) is 0 Å². The minimum absolute atomic E-state index is 0.209. The van der Waals surface area contributed by atoms with E-state index in [-0.39, 0.29) is 6.10 Å². The molecule has 0 bridgehead atoms. The zero-order chi connectivity index (χ0) is 13.7. The molecule has 1 unspecified atom stereocenters. The third-order valence-corrected chi connectivity index (χ3v) is 3.35. The molecule has 102 valence electrons. The Morgan fingerprint density at radius 3 is 2.63 bits per heavy atom. The molecule has 0 heterocycles. The molecule has 2 rings (SSSR count). The Morgan fingerprint density at radius 1 is 1.11 bits per heavy atom. The molecule has 3 nitrogen and oxygen atoms in total. The number of hydrogen-bond acceptors (Lipinski definition) is 3. The number of benzene rings is 2. The largest absolute Gasteiger partial charge is 0.496 e. The summed E-state index contributed by atoms with van der Waals surface area (Å²) in [5.74, 6) is 0.927. The van der Waals surface area contributed by atoms with Gasteiger partial charge < -0.3 is 14.8 Å².